The molecule has 0 fully saturated rings. The lowest BCUT2D eigenvalue weighted by Crippen LogP contribution is -2.06. The van der Waals surface area contributed by atoms with Gasteiger partial charge in [0.05, 0.1) is 12.7 Å². The molecule has 0 radical (unpaired) electrons. The fourth-order valence-corrected chi connectivity index (χ4v) is 1.93. The first-order valence-corrected chi connectivity index (χ1v) is 6.44. The Morgan fingerprint density at radius 1 is 1.25 bits per heavy atom. The molecule has 0 aliphatic heterocycles. The van der Waals surface area contributed by atoms with E-state index in [0.717, 1.165) is 16.8 Å². The molecule has 2 aromatic rings. The Bertz CT molecular complexity index is 624. The molecular weight excluding hydrogens is 252 g/mol. The number of anilines is 1. The number of aromatic nitrogens is 1. The number of esters is 1. The third kappa shape index (κ3) is 3.15. The van der Waals surface area contributed by atoms with Crippen LogP contribution in [0.5, 0.6) is 0 Å². The number of carbonyl (C=O) groups is 1. The number of pyridine rings is 1. The van der Waals surface area contributed by atoms with Crippen LogP contribution in [-0.2, 0) is 11.3 Å². The SMILES string of the molecule is COC(=O)c1ccc(C)c(NCc2cnccc2C)c1. The van der Waals surface area contributed by atoms with Crippen molar-refractivity contribution in [3.8, 4) is 0 Å². The minimum absolute atomic E-state index is 0.328. The van der Waals surface area contributed by atoms with Crippen LogP contribution in [0.15, 0.2) is 36.7 Å². The predicted molar refractivity (Wildman–Crippen MR) is 78.8 cm³/mol. The highest BCUT2D eigenvalue weighted by molar-refractivity contribution is 5.90. The molecule has 1 aromatic carbocycles. The molecule has 0 spiro atoms. The maximum Gasteiger partial charge on any atom is 0.337 e. The van der Waals surface area contributed by atoms with Gasteiger partial charge in [0.2, 0.25) is 0 Å². The summed E-state index contributed by atoms with van der Waals surface area (Å²) in [6, 6.07) is 7.47. The van der Waals surface area contributed by atoms with E-state index in [9.17, 15) is 4.79 Å². The van der Waals surface area contributed by atoms with Crippen LogP contribution in [0.25, 0.3) is 0 Å². The highest BCUT2D eigenvalue weighted by atomic mass is 16.5. The van der Waals surface area contributed by atoms with Crippen molar-refractivity contribution in [2.24, 2.45) is 0 Å². The number of carbonyl (C=O) groups excluding carboxylic acids is 1. The van der Waals surface area contributed by atoms with Gasteiger partial charge in [0, 0.05) is 24.6 Å². The molecule has 2 rings (SSSR count). The monoisotopic (exact) mass is 270 g/mol. The highest BCUT2D eigenvalue weighted by Crippen LogP contribution is 2.19. The van der Waals surface area contributed by atoms with E-state index in [2.05, 4.69) is 17.2 Å². The van der Waals surface area contributed by atoms with Crippen molar-refractivity contribution in [2.75, 3.05) is 12.4 Å². The maximum atomic E-state index is 11.5. The number of ether oxygens (including phenoxy) is 1. The predicted octanol–water partition coefficient (Wildman–Crippen LogP) is 3.10. The molecule has 1 heterocycles. The number of aryl methyl sites for hydroxylation is 2. The Morgan fingerprint density at radius 2 is 2.05 bits per heavy atom. The summed E-state index contributed by atoms with van der Waals surface area (Å²) in [6.45, 7) is 4.72. The Hall–Kier alpha value is -2.36. The van der Waals surface area contributed by atoms with Gasteiger partial charge in [0.15, 0.2) is 0 Å². The lowest BCUT2D eigenvalue weighted by Gasteiger charge is -2.12. The molecule has 1 aromatic heterocycles. The minimum Gasteiger partial charge on any atom is -0.465 e. The summed E-state index contributed by atoms with van der Waals surface area (Å²) in [5.74, 6) is -0.328. The van der Waals surface area contributed by atoms with E-state index in [1.54, 1.807) is 12.3 Å². The molecule has 20 heavy (non-hydrogen) atoms. The van der Waals surface area contributed by atoms with Gasteiger partial charge in [-0.15, -0.1) is 0 Å². The molecular formula is C16H18N2O2. The largest absolute Gasteiger partial charge is 0.465 e. The number of rotatable bonds is 4. The van der Waals surface area contributed by atoms with Gasteiger partial charge in [-0.1, -0.05) is 6.07 Å². The van der Waals surface area contributed by atoms with Gasteiger partial charge in [-0.05, 0) is 48.7 Å². The second kappa shape index (κ2) is 6.19. The summed E-state index contributed by atoms with van der Waals surface area (Å²) < 4.78 is 4.74. The van der Waals surface area contributed by atoms with Crippen molar-refractivity contribution in [1.82, 2.24) is 4.98 Å². The highest BCUT2D eigenvalue weighted by Gasteiger charge is 2.08. The number of nitrogens with zero attached hydrogens (tertiary/aromatic N) is 1. The molecule has 0 aliphatic rings. The van der Waals surface area contributed by atoms with Gasteiger partial charge in [-0.3, -0.25) is 4.98 Å². The van der Waals surface area contributed by atoms with Crippen LogP contribution >= 0.6 is 0 Å². The van der Waals surface area contributed by atoms with E-state index in [1.165, 1.54) is 12.7 Å². The first-order valence-electron chi connectivity index (χ1n) is 6.44. The maximum absolute atomic E-state index is 11.5. The second-order valence-corrected chi connectivity index (χ2v) is 4.68. The van der Waals surface area contributed by atoms with Crippen LogP contribution in [0.4, 0.5) is 5.69 Å². The lowest BCUT2D eigenvalue weighted by molar-refractivity contribution is 0.0601. The van der Waals surface area contributed by atoms with E-state index < -0.39 is 0 Å². The van der Waals surface area contributed by atoms with Crippen LogP contribution in [0.1, 0.15) is 27.0 Å². The zero-order valence-corrected chi connectivity index (χ0v) is 11.9. The van der Waals surface area contributed by atoms with Crippen molar-refractivity contribution in [1.29, 1.82) is 0 Å². The number of hydrogen-bond donors (Lipinski definition) is 1. The summed E-state index contributed by atoms with van der Waals surface area (Å²) in [4.78, 5) is 15.7. The number of methoxy groups -OCH3 is 1. The zero-order valence-electron chi connectivity index (χ0n) is 11.9. The zero-order chi connectivity index (χ0) is 14.5. The number of nitrogens with one attached hydrogen (secondary N) is 1. The quantitative estimate of drug-likeness (QED) is 0.867. The van der Waals surface area contributed by atoms with E-state index in [1.807, 2.05) is 31.3 Å². The smallest absolute Gasteiger partial charge is 0.337 e. The first-order chi connectivity index (χ1) is 9.61. The summed E-state index contributed by atoms with van der Waals surface area (Å²) in [5.41, 5.74) is 4.88. The van der Waals surface area contributed by atoms with E-state index >= 15 is 0 Å². The topological polar surface area (TPSA) is 51.2 Å². The first kappa shape index (κ1) is 14.1. The second-order valence-electron chi connectivity index (χ2n) is 4.68. The average Bonchev–Trinajstić information content (AvgIpc) is 2.47. The van der Waals surface area contributed by atoms with Crippen LogP contribution < -0.4 is 5.32 Å². The van der Waals surface area contributed by atoms with Gasteiger partial charge >= 0.3 is 5.97 Å². The van der Waals surface area contributed by atoms with Gasteiger partial charge in [-0.25, -0.2) is 4.79 Å². The van der Waals surface area contributed by atoms with Gasteiger partial charge < -0.3 is 10.1 Å². The van der Waals surface area contributed by atoms with Gasteiger partial charge in [0.25, 0.3) is 0 Å². The molecule has 0 unspecified atom stereocenters. The summed E-state index contributed by atoms with van der Waals surface area (Å²) in [6.07, 6.45) is 3.63. The summed E-state index contributed by atoms with van der Waals surface area (Å²) >= 11 is 0. The average molecular weight is 270 g/mol. The van der Waals surface area contributed by atoms with Crippen LogP contribution in [0, 0.1) is 13.8 Å². The fourth-order valence-electron chi connectivity index (χ4n) is 1.93. The van der Waals surface area contributed by atoms with Crippen LogP contribution in [0.3, 0.4) is 0 Å². The Kier molecular flexibility index (Phi) is 4.35. The molecule has 0 amide bonds. The summed E-state index contributed by atoms with van der Waals surface area (Å²) in [7, 11) is 1.38. The molecule has 104 valence electrons. The third-order valence-electron chi connectivity index (χ3n) is 3.28. The van der Waals surface area contributed by atoms with Crippen molar-refractivity contribution < 1.29 is 9.53 Å². The summed E-state index contributed by atoms with van der Waals surface area (Å²) in [5, 5.41) is 3.34. The molecule has 4 nitrogen and oxygen atoms in total. The van der Waals surface area contributed by atoms with Crippen molar-refractivity contribution in [2.45, 2.75) is 20.4 Å². The van der Waals surface area contributed by atoms with Crippen molar-refractivity contribution in [3.05, 3.63) is 58.9 Å². The molecule has 0 aliphatic carbocycles. The van der Waals surface area contributed by atoms with E-state index in [-0.39, 0.29) is 5.97 Å². The van der Waals surface area contributed by atoms with Crippen LogP contribution in [0.2, 0.25) is 0 Å². The Labute approximate surface area is 118 Å². The molecule has 0 saturated heterocycles. The van der Waals surface area contributed by atoms with Crippen molar-refractivity contribution >= 4 is 11.7 Å². The lowest BCUT2D eigenvalue weighted by atomic mass is 10.1. The minimum atomic E-state index is -0.328. The van der Waals surface area contributed by atoms with E-state index in [4.69, 9.17) is 4.74 Å². The Balaban J connectivity index is 2.17. The van der Waals surface area contributed by atoms with Crippen molar-refractivity contribution in [3.63, 3.8) is 0 Å². The number of hydrogen-bond acceptors (Lipinski definition) is 4. The van der Waals surface area contributed by atoms with Gasteiger partial charge in [-0.2, -0.15) is 0 Å². The number of benzene rings is 1. The molecule has 0 atom stereocenters. The normalized spacial score (nSPS) is 10.2. The van der Waals surface area contributed by atoms with E-state index in [0.29, 0.717) is 12.1 Å². The molecule has 0 bridgehead atoms. The van der Waals surface area contributed by atoms with Gasteiger partial charge in [0.1, 0.15) is 0 Å². The Morgan fingerprint density at radius 3 is 2.75 bits per heavy atom. The molecule has 4 heteroatoms. The molecule has 0 saturated carbocycles. The fraction of sp³-hybridized carbons (Fsp3) is 0.250. The molecule has 1 N–H and O–H groups in total. The third-order valence-corrected chi connectivity index (χ3v) is 3.28. The van der Waals surface area contributed by atoms with Crippen LogP contribution in [-0.4, -0.2) is 18.1 Å². The standard InChI is InChI=1S/C16H18N2O2/c1-11-6-7-17-9-14(11)10-18-15-8-13(16(19)20-3)5-4-12(15)2/h4-9,18H,10H2,1-3H3.